The molecule has 53 heavy (non-hydrogen) atoms. The summed E-state index contributed by atoms with van der Waals surface area (Å²) < 4.78 is 24.9. The average molecular weight is 714 g/mol. The van der Waals surface area contributed by atoms with E-state index in [1.807, 2.05) is 118 Å². The Kier molecular flexibility index (Phi) is 12.6. The molecule has 1 amide bonds. The molecule has 5 aromatic carbocycles. The van der Waals surface area contributed by atoms with Gasteiger partial charge in [0.1, 0.15) is 17.0 Å². The van der Waals surface area contributed by atoms with Crippen LogP contribution in [0.25, 0.3) is 0 Å². The van der Waals surface area contributed by atoms with Crippen LogP contribution in [0, 0.1) is 5.92 Å². The van der Waals surface area contributed by atoms with Gasteiger partial charge in [-0.25, -0.2) is 4.79 Å². The number of piperidine rings is 1. The summed E-state index contributed by atoms with van der Waals surface area (Å²) in [5.41, 5.74) is 3.45. The van der Waals surface area contributed by atoms with Crippen molar-refractivity contribution in [2.45, 2.75) is 57.0 Å². The normalized spacial score (nSPS) is 17.7. The number of likely N-dealkylation sites (tertiary alicyclic amines) is 1. The van der Waals surface area contributed by atoms with E-state index in [0.717, 1.165) is 40.0 Å². The second-order valence-corrected chi connectivity index (χ2v) is 14.6. The van der Waals surface area contributed by atoms with Crippen molar-refractivity contribution in [3.63, 3.8) is 0 Å². The molecule has 1 heterocycles. The molecule has 0 spiro atoms. The fourth-order valence-corrected chi connectivity index (χ4v) is 7.15. The van der Waals surface area contributed by atoms with Crippen LogP contribution >= 0.6 is 0 Å². The Bertz CT molecular complexity index is 1730. The summed E-state index contributed by atoms with van der Waals surface area (Å²) >= 11 is 0. The molecule has 1 aliphatic heterocycles. The summed E-state index contributed by atoms with van der Waals surface area (Å²) in [5.74, 6) is 0.172. The SMILES string of the molecule is CC(C)(C)OC(=O)N1CC(O)C(c2ccc(OCCCOCc3ccccc3)cc2)C(COC(c2ccccc2)(c2ccccc2)c2ccccc2)C1. The summed E-state index contributed by atoms with van der Waals surface area (Å²) in [7, 11) is 0. The number of rotatable bonds is 14. The molecule has 7 nitrogen and oxygen atoms in total. The maximum atomic E-state index is 13.4. The topological polar surface area (TPSA) is 77.5 Å². The first-order chi connectivity index (χ1) is 25.7. The first kappa shape index (κ1) is 37.8. The molecule has 3 unspecified atom stereocenters. The molecule has 7 heteroatoms. The van der Waals surface area contributed by atoms with Crippen molar-refractivity contribution in [1.29, 1.82) is 0 Å². The number of ether oxygens (including phenoxy) is 4. The van der Waals surface area contributed by atoms with Crippen LogP contribution in [0.5, 0.6) is 5.75 Å². The molecule has 0 saturated carbocycles. The van der Waals surface area contributed by atoms with Crippen molar-refractivity contribution in [2.75, 3.05) is 32.9 Å². The van der Waals surface area contributed by atoms with Crippen LogP contribution in [0.2, 0.25) is 0 Å². The average Bonchev–Trinajstić information content (AvgIpc) is 3.18. The lowest BCUT2D eigenvalue weighted by atomic mass is 9.77. The third kappa shape index (κ3) is 9.73. The summed E-state index contributed by atoms with van der Waals surface area (Å²) in [6.07, 6.45) is -0.531. The highest BCUT2D eigenvalue weighted by atomic mass is 16.6. The third-order valence-corrected chi connectivity index (χ3v) is 9.57. The first-order valence-electron chi connectivity index (χ1n) is 18.5. The highest BCUT2D eigenvalue weighted by Crippen LogP contribution is 2.43. The van der Waals surface area contributed by atoms with E-state index in [1.54, 1.807) is 4.90 Å². The fourth-order valence-electron chi connectivity index (χ4n) is 7.15. The van der Waals surface area contributed by atoms with Crippen LogP contribution in [0.1, 0.15) is 60.9 Å². The van der Waals surface area contributed by atoms with Crippen LogP contribution in [0.15, 0.2) is 146 Å². The maximum absolute atomic E-state index is 13.4. The molecule has 5 aromatic rings. The predicted molar refractivity (Wildman–Crippen MR) is 208 cm³/mol. The lowest BCUT2D eigenvalue weighted by Gasteiger charge is -2.44. The highest BCUT2D eigenvalue weighted by Gasteiger charge is 2.43. The lowest BCUT2D eigenvalue weighted by Crippen LogP contribution is -2.53. The van der Waals surface area contributed by atoms with Crippen molar-refractivity contribution >= 4 is 6.09 Å². The Morgan fingerprint density at radius 2 is 1.23 bits per heavy atom. The summed E-state index contributed by atoms with van der Waals surface area (Å²) in [5, 5.41) is 11.8. The number of hydrogen-bond acceptors (Lipinski definition) is 6. The van der Waals surface area contributed by atoms with Crippen LogP contribution in [-0.2, 0) is 26.4 Å². The van der Waals surface area contributed by atoms with Gasteiger partial charge in [-0.05, 0) is 60.7 Å². The number of β-amino-alcohol motifs (C(OH)–C–C–N with tert-alkyl or cyclic N) is 1. The van der Waals surface area contributed by atoms with E-state index in [9.17, 15) is 9.90 Å². The molecule has 1 fully saturated rings. The van der Waals surface area contributed by atoms with Gasteiger partial charge < -0.3 is 29.0 Å². The lowest BCUT2D eigenvalue weighted by molar-refractivity contribution is -0.0596. The minimum atomic E-state index is -0.948. The van der Waals surface area contributed by atoms with Gasteiger partial charge in [0, 0.05) is 24.8 Å². The van der Waals surface area contributed by atoms with Gasteiger partial charge >= 0.3 is 6.09 Å². The second-order valence-electron chi connectivity index (χ2n) is 14.6. The van der Waals surface area contributed by atoms with E-state index in [2.05, 4.69) is 48.5 Å². The van der Waals surface area contributed by atoms with E-state index in [-0.39, 0.29) is 25.0 Å². The number of aliphatic hydroxyl groups excluding tert-OH is 1. The minimum Gasteiger partial charge on any atom is -0.494 e. The number of nitrogens with zero attached hydrogens (tertiary/aromatic N) is 1. The van der Waals surface area contributed by atoms with Gasteiger partial charge in [0.2, 0.25) is 0 Å². The van der Waals surface area contributed by atoms with E-state index in [1.165, 1.54) is 0 Å². The first-order valence-corrected chi connectivity index (χ1v) is 18.5. The van der Waals surface area contributed by atoms with Gasteiger partial charge in [0.25, 0.3) is 0 Å². The number of carbonyl (C=O) groups excluding carboxylic acids is 1. The molecular formula is C46H51NO6. The van der Waals surface area contributed by atoms with Crippen molar-refractivity contribution in [1.82, 2.24) is 4.90 Å². The Morgan fingerprint density at radius 3 is 1.75 bits per heavy atom. The zero-order chi connectivity index (χ0) is 37.1. The largest absolute Gasteiger partial charge is 0.494 e. The number of carbonyl (C=O) groups is 1. The van der Waals surface area contributed by atoms with Crippen LogP contribution in [0.3, 0.4) is 0 Å². The van der Waals surface area contributed by atoms with Crippen molar-refractivity contribution in [3.8, 4) is 5.75 Å². The highest BCUT2D eigenvalue weighted by molar-refractivity contribution is 5.68. The van der Waals surface area contributed by atoms with Crippen LogP contribution in [-0.4, -0.2) is 60.7 Å². The van der Waals surface area contributed by atoms with Gasteiger partial charge in [-0.1, -0.05) is 133 Å². The maximum Gasteiger partial charge on any atom is 0.410 e. The molecule has 3 atom stereocenters. The standard InChI is InChI=1S/C46H51NO6/c1-45(2,3)53-44(49)47-31-37(34-52-46(38-19-10-5-11-20-38,39-21-12-6-13-22-39)40-23-14-7-15-24-40)43(42(48)32-47)36-25-27-41(28-26-36)51-30-16-29-50-33-35-17-8-4-9-18-35/h4-15,17-28,37,42-43,48H,16,29-34H2,1-3H3. The summed E-state index contributed by atoms with van der Waals surface area (Å²) in [6, 6.07) is 48.8. The van der Waals surface area contributed by atoms with Crippen LogP contribution in [0.4, 0.5) is 4.79 Å². The molecule has 1 aliphatic rings. The third-order valence-electron chi connectivity index (χ3n) is 9.57. The van der Waals surface area contributed by atoms with Crippen molar-refractivity contribution in [3.05, 3.63) is 173 Å². The Balaban J connectivity index is 1.24. The molecule has 1 saturated heterocycles. The molecule has 0 aromatic heterocycles. The molecule has 0 radical (unpaired) electrons. The Hall–Kier alpha value is -4.95. The zero-order valence-electron chi connectivity index (χ0n) is 31.0. The fraction of sp³-hybridized carbons (Fsp3) is 0.326. The van der Waals surface area contributed by atoms with E-state index < -0.39 is 23.4 Å². The van der Waals surface area contributed by atoms with E-state index >= 15 is 0 Å². The summed E-state index contributed by atoms with van der Waals surface area (Å²) in [6.45, 7) is 8.03. The molecule has 0 bridgehead atoms. The van der Waals surface area contributed by atoms with Gasteiger partial charge in [0.05, 0.1) is 39.1 Å². The number of aliphatic hydroxyl groups is 1. The molecule has 6 rings (SSSR count). The second kappa shape index (κ2) is 17.7. The summed E-state index contributed by atoms with van der Waals surface area (Å²) in [4.78, 5) is 15.0. The van der Waals surface area contributed by atoms with Gasteiger partial charge in [0.15, 0.2) is 0 Å². The van der Waals surface area contributed by atoms with Gasteiger partial charge in [-0.15, -0.1) is 0 Å². The molecular weight excluding hydrogens is 663 g/mol. The van der Waals surface area contributed by atoms with Gasteiger partial charge in [-0.3, -0.25) is 0 Å². The Morgan fingerprint density at radius 1 is 0.698 bits per heavy atom. The van der Waals surface area contributed by atoms with Crippen molar-refractivity contribution < 1.29 is 28.8 Å². The van der Waals surface area contributed by atoms with Gasteiger partial charge in [-0.2, -0.15) is 0 Å². The monoisotopic (exact) mass is 713 g/mol. The van der Waals surface area contributed by atoms with E-state index in [4.69, 9.17) is 18.9 Å². The number of benzene rings is 5. The number of hydrogen-bond donors (Lipinski definition) is 1. The predicted octanol–water partition coefficient (Wildman–Crippen LogP) is 8.99. The van der Waals surface area contributed by atoms with E-state index in [0.29, 0.717) is 26.4 Å². The molecule has 276 valence electrons. The molecule has 0 aliphatic carbocycles. The van der Waals surface area contributed by atoms with Crippen LogP contribution < -0.4 is 4.74 Å². The zero-order valence-corrected chi connectivity index (χ0v) is 31.0. The van der Waals surface area contributed by atoms with Crippen molar-refractivity contribution in [2.24, 2.45) is 5.92 Å². The Labute approximate surface area is 314 Å². The molecule has 1 N–H and O–H groups in total. The quantitative estimate of drug-likeness (QED) is 0.0915. The minimum absolute atomic E-state index is 0.151. The smallest absolute Gasteiger partial charge is 0.410 e. The number of amides is 1.